The van der Waals surface area contributed by atoms with E-state index in [0.29, 0.717) is 22.6 Å². The van der Waals surface area contributed by atoms with Crippen molar-refractivity contribution in [3.05, 3.63) is 89.7 Å². The van der Waals surface area contributed by atoms with Crippen molar-refractivity contribution in [3.8, 4) is 5.75 Å². The van der Waals surface area contributed by atoms with Crippen LogP contribution in [0.4, 0.5) is 5.69 Å². The normalized spacial score (nSPS) is 11.4. The molecule has 3 rings (SSSR count). The fraction of sp³-hybridized carbons (Fsp3) is 0.136. The molecule has 0 fully saturated rings. The van der Waals surface area contributed by atoms with Crippen LogP contribution < -0.4 is 15.4 Å². The molecule has 1 heterocycles. The minimum absolute atomic E-state index is 0.216. The average molecular weight is 375 g/mol. The molecule has 0 aliphatic heterocycles. The molecule has 2 N–H and O–H groups in total. The van der Waals surface area contributed by atoms with Gasteiger partial charge in [-0.1, -0.05) is 18.2 Å². The Morgan fingerprint density at radius 3 is 2.39 bits per heavy atom. The van der Waals surface area contributed by atoms with Crippen molar-refractivity contribution < 1.29 is 14.3 Å². The number of benzene rings is 2. The highest BCUT2D eigenvalue weighted by Crippen LogP contribution is 2.19. The molecule has 0 saturated heterocycles. The summed E-state index contributed by atoms with van der Waals surface area (Å²) in [5.74, 6) is 0.0888. The summed E-state index contributed by atoms with van der Waals surface area (Å²) in [6, 6.07) is 17.2. The largest absolute Gasteiger partial charge is 0.497 e. The van der Waals surface area contributed by atoms with Gasteiger partial charge in [-0.25, -0.2) is 0 Å². The Labute approximate surface area is 163 Å². The first-order valence-electron chi connectivity index (χ1n) is 8.83. The number of hydrogen-bond acceptors (Lipinski definition) is 4. The summed E-state index contributed by atoms with van der Waals surface area (Å²) in [5, 5.41) is 5.74. The molecular formula is C22H21N3O3. The van der Waals surface area contributed by atoms with E-state index in [2.05, 4.69) is 15.6 Å². The van der Waals surface area contributed by atoms with Gasteiger partial charge in [-0.2, -0.15) is 0 Å². The lowest BCUT2D eigenvalue weighted by atomic mass is 10.1. The molecule has 0 spiro atoms. The second-order valence-corrected chi connectivity index (χ2v) is 6.21. The van der Waals surface area contributed by atoms with Gasteiger partial charge >= 0.3 is 0 Å². The number of amides is 2. The number of anilines is 1. The van der Waals surface area contributed by atoms with Crippen LogP contribution in [0.15, 0.2) is 73.1 Å². The molecule has 2 amide bonds. The van der Waals surface area contributed by atoms with E-state index in [1.165, 1.54) is 0 Å². The van der Waals surface area contributed by atoms with Crippen LogP contribution in [0.3, 0.4) is 0 Å². The molecule has 6 heteroatoms. The monoisotopic (exact) mass is 375 g/mol. The number of aromatic nitrogens is 1. The van der Waals surface area contributed by atoms with Gasteiger partial charge in [0.05, 0.1) is 24.4 Å². The van der Waals surface area contributed by atoms with Crippen molar-refractivity contribution in [2.45, 2.75) is 13.0 Å². The van der Waals surface area contributed by atoms with Gasteiger partial charge < -0.3 is 15.4 Å². The standard InChI is InChI=1S/C22H21N3O3/c1-15(17-6-5-13-23-14-17)24-22(27)19-7-3-4-8-20(19)25-21(26)16-9-11-18(28-2)12-10-16/h3-15H,1-2H3,(H,24,27)(H,25,26). The third-order valence-corrected chi connectivity index (χ3v) is 4.30. The summed E-state index contributed by atoms with van der Waals surface area (Å²) >= 11 is 0. The number of nitrogens with zero attached hydrogens (tertiary/aromatic N) is 1. The number of carbonyl (C=O) groups excluding carboxylic acids is 2. The van der Waals surface area contributed by atoms with Crippen LogP contribution in [0.2, 0.25) is 0 Å². The minimum Gasteiger partial charge on any atom is -0.497 e. The maximum Gasteiger partial charge on any atom is 0.255 e. The molecule has 6 nitrogen and oxygen atoms in total. The van der Waals surface area contributed by atoms with Crippen molar-refractivity contribution in [2.24, 2.45) is 0 Å². The third-order valence-electron chi connectivity index (χ3n) is 4.30. The highest BCUT2D eigenvalue weighted by Gasteiger charge is 2.16. The number of nitrogens with one attached hydrogen (secondary N) is 2. The van der Waals surface area contributed by atoms with Gasteiger partial charge in [0.2, 0.25) is 0 Å². The number of methoxy groups -OCH3 is 1. The molecule has 0 bridgehead atoms. The zero-order valence-electron chi connectivity index (χ0n) is 15.7. The smallest absolute Gasteiger partial charge is 0.255 e. The van der Waals surface area contributed by atoms with E-state index in [4.69, 9.17) is 4.74 Å². The van der Waals surface area contributed by atoms with Gasteiger partial charge in [0.25, 0.3) is 11.8 Å². The number of pyridine rings is 1. The molecule has 3 aromatic rings. The first-order valence-corrected chi connectivity index (χ1v) is 8.83. The maximum atomic E-state index is 12.8. The van der Waals surface area contributed by atoms with E-state index in [1.807, 2.05) is 19.1 Å². The quantitative estimate of drug-likeness (QED) is 0.686. The molecule has 0 aliphatic rings. The van der Waals surface area contributed by atoms with E-state index in [9.17, 15) is 9.59 Å². The lowest BCUT2D eigenvalue weighted by molar-refractivity contribution is 0.0940. The number of hydrogen-bond donors (Lipinski definition) is 2. The van der Waals surface area contributed by atoms with Crippen molar-refractivity contribution in [1.82, 2.24) is 10.3 Å². The van der Waals surface area contributed by atoms with Crippen molar-refractivity contribution in [3.63, 3.8) is 0 Å². The van der Waals surface area contributed by atoms with Crippen molar-refractivity contribution in [1.29, 1.82) is 0 Å². The van der Waals surface area contributed by atoms with E-state index in [-0.39, 0.29) is 17.9 Å². The fourth-order valence-electron chi connectivity index (χ4n) is 2.72. The van der Waals surface area contributed by atoms with Crippen LogP contribution >= 0.6 is 0 Å². The van der Waals surface area contributed by atoms with Crippen LogP contribution in [0.5, 0.6) is 5.75 Å². The average Bonchev–Trinajstić information content (AvgIpc) is 2.74. The topological polar surface area (TPSA) is 80.3 Å². The first-order chi connectivity index (χ1) is 13.6. The Balaban J connectivity index is 1.74. The molecule has 0 saturated carbocycles. The van der Waals surface area contributed by atoms with E-state index in [1.54, 1.807) is 68.0 Å². The molecule has 0 aliphatic carbocycles. The fourth-order valence-corrected chi connectivity index (χ4v) is 2.72. The van der Waals surface area contributed by atoms with Crippen LogP contribution in [0, 0.1) is 0 Å². The summed E-state index contributed by atoms with van der Waals surface area (Å²) < 4.78 is 5.10. The predicted molar refractivity (Wildman–Crippen MR) is 108 cm³/mol. The Morgan fingerprint density at radius 1 is 0.964 bits per heavy atom. The van der Waals surface area contributed by atoms with Gasteiger partial charge in [-0.3, -0.25) is 14.6 Å². The number of ether oxygens (including phenoxy) is 1. The molecule has 142 valence electrons. The molecule has 1 atom stereocenters. The molecule has 1 unspecified atom stereocenters. The maximum absolute atomic E-state index is 12.8. The molecule has 1 aromatic heterocycles. The SMILES string of the molecule is COc1ccc(C(=O)Nc2ccccc2C(=O)NC(C)c2cccnc2)cc1. The Bertz CT molecular complexity index is 956. The van der Waals surface area contributed by atoms with Gasteiger partial charge in [0.15, 0.2) is 0 Å². The number of para-hydroxylation sites is 1. The van der Waals surface area contributed by atoms with E-state index in [0.717, 1.165) is 5.56 Å². The second-order valence-electron chi connectivity index (χ2n) is 6.21. The lowest BCUT2D eigenvalue weighted by Gasteiger charge is -2.16. The predicted octanol–water partition coefficient (Wildman–Crippen LogP) is 3.83. The Hall–Kier alpha value is -3.67. The highest BCUT2D eigenvalue weighted by atomic mass is 16.5. The van der Waals surface area contributed by atoms with Gasteiger partial charge in [-0.15, -0.1) is 0 Å². The summed E-state index contributed by atoms with van der Waals surface area (Å²) in [4.78, 5) is 29.4. The van der Waals surface area contributed by atoms with E-state index < -0.39 is 0 Å². The Kier molecular flexibility index (Phi) is 6.01. The van der Waals surface area contributed by atoms with Crippen LogP contribution in [-0.2, 0) is 0 Å². The summed E-state index contributed by atoms with van der Waals surface area (Å²) in [7, 11) is 1.57. The summed E-state index contributed by atoms with van der Waals surface area (Å²) in [6.45, 7) is 1.88. The molecule has 2 aromatic carbocycles. The summed E-state index contributed by atoms with van der Waals surface area (Å²) in [6.07, 6.45) is 3.39. The van der Waals surface area contributed by atoms with Crippen molar-refractivity contribution >= 4 is 17.5 Å². The first kappa shape index (κ1) is 19.1. The van der Waals surface area contributed by atoms with Crippen molar-refractivity contribution in [2.75, 3.05) is 12.4 Å². The summed E-state index contributed by atoms with van der Waals surface area (Å²) in [5.41, 5.74) is 2.20. The molecule has 0 radical (unpaired) electrons. The lowest BCUT2D eigenvalue weighted by Crippen LogP contribution is -2.28. The van der Waals surface area contributed by atoms with Crippen LogP contribution in [0.25, 0.3) is 0 Å². The zero-order chi connectivity index (χ0) is 19.9. The molecule has 28 heavy (non-hydrogen) atoms. The number of rotatable bonds is 6. The van der Waals surface area contributed by atoms with Crippen LogP contribution in [-0.4, -0.2) is 23.9 Å². The van der Waals surface area contributed by atoms with Gasteiger partial charge in [0, 0.05) is 18.0 Å². The van der Waals surface area contributed by atoms with Gasteiger partial charge in [0.1, 0.15) is 5.75 Å². The third kappa shape index (κ3) is 4.54. The molecular weight excluding hydrogens is 354 g/mol. The zero-order valence-corrected chi connectivity index (χ0v) is 15.7. The Morgan fingerprint density at radius 2 is 1.71 bits per heavy atom. The van der Waals surface area contributed by atoms with E-state index >= 15 is 0 Å². The minimum atomic E-state index is -0.303. The van der Waals surface area contributed by atoms with Gasteiger partial charge in [-0.05, 0) is 55.0 Å². The van der Waals surface area contributed by atoms with Crippen LogP contribution in [0.1, 0.15) is 39.2 Å². The second kappa shape index (κ2) is 8.81. The number of carbonyl (C=O) groups is 2. The highest BCUT2D eigenvalue weighted by molar-refractivity contribution is 6.09.